The van der Waals surface area contributed by atoms with Crippen LogP contribution >= 0.6 is 23.2 Å². The largest absolute Gasteiger partial charge is 0.248 e. The Hall–Kier alpha value is -1.13. The molecule has 0 bridgehead atoms. The first kappa shape index (κ1) is 13.3. The lowest BCUT2D eigenvalue weighted by molar-refractivity contribution is 0.614. The van der Waals surface area contributed by atoms with Gasteiger partial charge in [-0.25, -0.2) is 9.07 Å². The summed E-state index contributed by atoms with van der Waals surface area (Å²) in [5.41, 5.74) is 1.38. The van der Waals surface area contributed by atoms with Gasteiger partial charge in [0.2, 0.25) is 0 Å². The molecular weight excluding hydrogens is 276 g/mol. The third kappa shape index (κ3) is 3.00. The smallest absolute Gasteiger partial charge is 0.123 e. The van der Waals surface area contributed by atoms with Crippen molar-refractivity contribution in [1.82, 2.24) is 15.0 Å². The van der Waals surface area contributed by atoms with Gasteiger partial charge in [0.15, 0.2) is 0 Å². The van der Waals surface area contributed by atoms with Gasteiger partial charge in [0, 0.05) is 5.02 Å². The second-order valence-electron chi connectivity index (χ2n) is 3.95. The molecule has 0 amide bonds. The highest BCUT2D eigenvalue weighted by Gasteiger charge is 2.11. The van der Waals surface area contributed by atoms with E-state index in [1.807, 2.05) is 6.92 Å². The molecule has 1 heterocycles. The molecule has 0 fully saturated rings. The zero-order chi connectivity index (χ0) is 13.1. The summed E-state index contributed by atoms with van der Waals surface area (Å²) in [5.74, 6) is -0.321. The number of rotatable bonds is 4. The van der Waals surface area contributed by atoms with Crippen molar-refractivity contribution in [2.45, 2.75) is 25.3 Å². The molecule has 2 aromatic rings. The van der Waals surface area contributed by atoms with Crippen LogP contribution in [-0.4, -0.2) is 15.0 Å². The van der Waals surface area contributed by atoms with Gasteiger partial charge in [-0.3, -0.25) is 0 Å². The molecule has 96 valence electrons. The van der Waals surface area contributed by atoms with Crippen molar-refractivity contribution in [3.8, 4) is 0 Å². The molecular formula is C12H12Cl2FN3. The third-order valence-electron chi connectivity index (χ3n) is 2.58. The van der Waals surface area contributed by atoms with Crippen molar-refractivity contribution in [3.63, 3.8) is 0 Å². The van der Waals surface area contributed by atoms with Crippen LogP contribution in [0.4, 0.5) is 4.39 Å². The second-order valence-corrected chi connectivity index (χ2v) is 4.89. The quantitative estimate of drug-likeness (QED) is 0.801. The minimum atomic E-state index is -0.321. The number of hydrogen-bond donors (Lipinski definition) is 0. The Morgan fingerprint density at radius 2 is 2.22 bits per heavy atom. The molecule has 0 aliphatic rings. The third-order valence-corrected chi connectivity index (χ3v) is 3.48. The maximum atomic E-state index is 13.1. The first-order valence-electron chi connectivity index (χ1n) is 5.58. The van der Waals surface area contributed by atoms with Gasteiger partial charge in [0.05, 0.1) is 18.1 Å². The fourth-order valence-corrected chi connectivity index (χ4v) is 1.86. The van der Waals surface area contributed by atoms with E-state index < -0.39 is 0 Å². The summed E-state index contributed by atoms with van der Waals surface area (Å²) >= 11 is 12.1. The average Bonchev–Trinajstić information content (AvgIpc) is 2.81. The summed E-state index contributed by atoms with van der Waals surface area (Å²) in [6.07, 6.45) is 2.53. The predicted molar refractivity (Wildman–Crippen MR) is 69.4 cm³/mol. The number of aromatic nitrogens is 3. The highest BCUT2D eigenvalue weighted by atomic mass is 35.5. The highest BCUT2D eigenvalue weighted by molar-refractivity contribution is 6.31. The molecule has 1 atom stereocenters. The lowest BCUT2D eigenvalue weighted by Gasteiger charge is -2.04. The summed E-state index contributed by atoms with van der Waals surface area (Å²) in [6, 6.07) is 4.24. The van der Waals surface area contributed by atoms with E-state index in [-0.39, 0.29) is 11.2 Å². The Kier molecular flexibility index (Phi) is 4.19. The number of hydrogen-bond acceptors (Lipinski definition) is 2. The molecule has 0 radical (unpaired) electrons. The van der Waals surface area contributed by atoms with E-state index in [0.29, 0.717) is 22.8 Å². The Balaban J connectivity index is 2.18. The summed E-state index contributed by atoms with van der Waals surface area (Å²) in [5, 5.41) is 8.29. The monoisotopic (exact) mass is 287 g/mol. The number of halogens is 3. The van der Waals surface area contributed by atoms with Gasteiger partial charge in [0.1, 0.15) is 11.5 Å². The normalized spacial score (nSPS) is 12.7. The highest BCUT2D eigenvalue weighted by Crippen LogP contribution is 2.22. The molecule has 1 aromatic carbocycles. The van der Waals surface area contributed by atoms with E-state index in [1.54, 1.807) is 10.9 Å². The van der Waals surface area contributed by atoms with E-state index in [1.165, 1.54) is 18.2 Å². The molecule has 1 aromatic heterocycles. The van der Waals surface area contributed by atoms with Crippen molar-refractivity contribution >= 4 is 23.2 Å². The minimum Gasteiger partial charge on any atom is -0.248 e. The van der Waals surface area contributed by atoms with Crippen LogP contribution in [0.2, 0.25) is 5.02 Å². The van der Waals surface area contributed by atoms with Gasteiger partial charge in [-0.2, -0.15) is 0 Å². The minimum absolute atomic E-state index is 0.151. The molecule has 6 heteroatoms. The lowest BCUT2D eigenvalue weighted by Crippen LogP contribution is -2.01. The molecule has 0 saturated heterocycles. The average molecular weight is 288 g/mol. The topological polar surface area (TPSA) is 30.7 Å². The van der Waals surface area contributed by atoms with Crippen molar-refractivity contribution in [1.29, 1.82) is 0 Å². The van der Waals surface area contributed by atoms with Crippen molar-refractivity contribution in [2.75, 3.05) is 0 Å². The predicted octanol–water partition coefficient (Wildman–Crippen LogP) is 3.81. The summed E-state index contributed by atoms with van der Waals surface area (Å²) in [6.45, 7) is 2.34. The van der Waals surface area contributed by atoms with Gasteiger partial charge >= 0.3 is 0 Å². The van der Waals surface area contributed by atoms with E-state index in [2.05, 4.69) is 10.3 Å². The summed E-state index contributed by atoms with van der Waals surface area (Å²) in [4.78, 5) is 0. The van der Waals surface area contributed by atoms with Gasteiger partial charge in [0.25, 0.3) is 0 Å². The van der Waals surface area contributed by atoms with Crippen LogP contribution in [0.15, 0.2) is 24.4 Å². The van der Waals surface area contributed by atoms with Gasteiger partial charge < -0.3 is 0 Å². The molecule has 0 spiro atoms. The fourth-order valence-electron chi connectivity index (χ4n) is 1.58. The van der Waals surface area contributed by atoms with Crippen LogP contribution < -0.4 is 0 Å². The SMILES string of the molecule is CCC(Cl)c1cn(Cc2cc(F)ccc2Cl)nn1. The summed E-state index contributed by atoms with van der Waals surface area (Å²) in [7, 11) is 0. The van der Waals surface area contributed by atoms with Crippen LogP contribution in [0.5, 0.6) is 0 Å². The lowest BCUT2D eigenvalue weighted by atomic mass is 10.2. The molecule has 3 nitrogen and oxygen atoms in total. The maximum Gasteiger partial charge on any atom is 0.123 e. The van der Waals surface area contributed by atoms with Crippen molar-refractivity contribution in [3.05, 3.63) is 46.5 Å². The van der Waals surface area contributed by atoms with Crippen LogP contribution in [0.1, 0.15) is 30.0 Å². The Morgan fingerprint density at radius 3 is 2.94 bits per heavy atom. The van der Waals surface area contributed by atoms with E-state index >= 15 is 0 Å². The van der Waals surface area contributed by atoms with Crippen molar-refractivity contribution in [2.24, 2.45) is 0 Å². The van der Waals surface area contributed by atoms with E-state index in [9.17, 15) is 4.39 Å². The van der Waals surface area contributed by atoms with E-state index in [4.69, 9.17) is 23.2 Å². The number of alkyl halides is 1. The molecule has 0 N–H and O–H groups in total. The maximum absolute atomic E-state index is 13.1. The fraction of sp³-hybridized carbons (Fsp3) is 0.333. The molecule has 18 heavy (non-hydrogen) atoms. The Morgan fingerprint density at radius 1 is 1.44 bits per heavy atom. The second kappa shape index (κ2) is 5.67. The number of nitrogens with zero attached hydrogens (tertiary/aromatic N) is 3. The first-order valence-corrected chi connectivity index (χ1v) is 6.39. The number of benzene rings is 1. The standard InChI is InChI=1S/C12H12Cl2FN3/c1-2-10(13)12-7-18(17-16-12)6-8-5-9(15)3-4-11(8)14/h3-5,7,10H,2,6H2,1H3. The van der Waals surface area contributed by atoms with Gasteiger partial charge in [-0.15, -0.1) is 16.7 Å². The Labute approximate surface area is 115 Å². The molecule has 2 rings (SSSR count). The zero-order valence-electron chi connectivity index (χ0n) is 9.78. The van der Waals surface area contributed by atoms with Crippen molar-refractivity contribution < 1.29 is 4.39 Å². The molecule has 0 saturated carbocycles. The van der Waals surface area contributed by atoms with Gasteiger partial charge in [-0.1, -0.05) is 23.7 Å². The van der Waals surface area contributed by atoms with Crippen LogP contribution in [-0.2, 0) is 6.54 Å². The Bertz CT molecular complexity index is 542. The molecule has 1 unspecified atom stereocenters. The van der Waals surface area contributed by atoms with Crippen LogP contribution in [0.25, 0.3) is 0 Å². The summed E-state index contributed by atoms with van der Waals surface area (Å²) < 4.78 is 14.7. The zero-order valence-corrected chi connectivity index (χ0v) is 11.3. The molecule has 0 aliphatic heterocycles. The van der Waals surface area contributed by atoms with Crippen LogP contribution in [0, 0.1) is 5.82 Å². The van der Waals surface area contributed by atoms with Crippen LogP contribution in [0.3, 0.4) is 0 Å². The van der Waals surface area contributed by atoms with E-state index in [0.717, 1.165) is 6.42 Å². The first-order chi connectivity index (χ1) is 8.60. The van der Waals surface area contributed by atoms with Gasteiger partial charge in [-0.05, 0) is 30.2 Å². The molecule has 0 aliphatic carbocycles.